The van der Waals surface area contributed by atoms with E-state index in [1.54, 1.807) is 0 Å². The third-order valence-corrected chi connectivity index (χ3v) is 2.81. The molecule has 1 unspecified atom stereocenters. The number of alkyl halides is 1. The van der Waals surface area contributed by atoms with Crippen molar-refractivity contribution in [2.75, 3.05) is 13.1 Å². The van der Waals surface area contributed by atoms with E-state index in [9.17, 15) is 4.39 Å². The van der Waals surface area contributed by atoms with Crippen LogP contribution in [0, 0.1) is 0 Å². The highest BCUT2D eigenvalue weighted by Gasteiger charge is 2.05. The smallest absolute Gasteiger partial charge is 0.186 e. The van der Waals surface area contributed by atoms with Gasteiger partial charge in [-0.25, -0.2) is 4.39 Å². The van der Waals surface area contributed by atoms with Crippen molar-refractivity contribution in [1.29, 1.82) is 0 Å². The zero-order valence-corrected chi connectivity index (χ0v) is 11.6. The van der Waals surface area contributed by atoms with Crippen LogP contribution >= 0.6 is 0 Å². The van der Waals surface area contributed by atoms with Crippen LogP contribution in [0.25, 0.3) is 0 Å². The van der Waals surface area contributed by atoms with Gasteiger partial charge in [-0.05, 0) is 17.0 Å². The molecule has 5 heteroatoms. The number of aliphatic imine (C=N–C) groups is 1. The van der Waals surface area contributed by atoms with Crippen LogP contribution in [0.2, 0.25) is 0 Å². The van der Waals surface area contributed by atoms with Gasteiger partial charge in [0.15, 0.2) is 5.96 Å². The van der Waals surface area contributed by atoms with E-state index in [4.69, 9.17) is 11.5 Å². The molecule has 0 fully saturated rings. The fourth-order valence-corrected chi connectivity index (χ4v) is 1.66. The molecule has 0 saturated heterocycles. The molecule has 0 aromatic heterocycles. The first-order valence-electron chi connectivity index (χ1n) is 6.48. The minimum atomic E-state index is -1.07. The highest BCUT2D eigenvalue weighted by atomic mass is 19.1. The van der Waals surface area contributed by atoms with Gasteiger partial charge in [-0.2, -0.15) is 0 Å². The Bertz CT molecular complexity index is 396. The first-order valence-corrected chi connectivity index (χ1v) is 6.48. The van der Waals surface area contributed by atoms with Gasteiger partial charge in [0.2, 0.25) is 0 Å². The number of benzene rings is 1. The Hall–Kier alpha value is -1.62. The number of hydrogen-bond acceptors (Lipinski definition) is 2. The molecule has 4 nitrogen and oxygen atoms in total. The number of nitrogens with two attached hydrogens (primary N) is 2. The molecule has 19 heavy (non-hydrogen) atoms. The van der Waals surface area contributed by atoms with Crippen LogP contribution in [0.15, 0.2) is 29.3 Å². The standard InChI is InChI=1S/C14H23FN4/c1-10(2)12-5-3-11(4-6-12)7-18-8-13(15)9-19-14(16)17/h3-6,10,13,18H,7-9H2,1-2H3,(H4,16,17,19). The number of hydrogen-bond donors (Lipinski definition) is 3. The second-order valence-corrected chi connectivity index (χ2v) is 4.89. The van der Waals surface area contributed by atoms with Gasteiger partial charge in [-0.15, -0.1) is 0 Å². The molecule has 0 spiro atoms. The summed E-state index contributed by atoms with van der Waals surface area (Å²) in [6, 6.07) is 8.33. The topological polar surface area (TPSA) is 76.4 Å². The summed E-state index contributed by atoms with van der Waals surface area (Å²) in [5.74, 6) is 0.448. The van der Waals surface area contributed by atoms with Crippen LogP contribution in [0.1, 0.15) is 30.9 Å². The quantitative estimate of drug-likeness (QED) is 0.517. The molecule has 0 amide bonds. The first-order chi connectivity index (χ1) is 8.99. The zero-order chi connectivity index (χ0) is 14.3. The van der Waals surface area contributed by atoms with Gasteiger partial charge < -0.3 is 16.8 Å². The predicted molar refractivity (Wildman–Crippen MR) is 77.8 cm³/mol. The maximum Gasteiger partial charge on any atom is 0.186 e. The van der Waals surface area contributed by atoms with Crippen molar-refractivity contribution in [2.24, 2.45) is 16.5 Å². The van der Waals surface area contributed by atoms with E-state index < -0.39 is 6.17 Å². The molecule has 0 aliphatic carbocycles. The van der Waals surface area contributed by atoms with Gasteiger partial charge >= 0.3 is 0 Å². The molecular formula is C14H23FN4. The summed E-state index contributed by atoms with van der Waals surface area (Å²) in [7, 11) is 0. The summed E-state index contributed by atoms with van der Waals surface area (Å²) in [4.78, 5) is 3.64. The molecule has 0 bridgehead atoms. The second-order valence-electron chi connectivity index (χ2n) is 4.89. The Kier molecular flexibility index (Phi) is 6.29. The number of halogens is 1. The molecule has 0 aliphatic rings. The lowest BCUT2D eigenvalue weighted by molar-refractivity contribution is 0.327. The van der Waals surface area contributed by atoms with E-state index in [-0.39, 0.29) is 19.0 Å². The Balaban J connectivity index is 2.31. The molecule has 106 valence electrons. The van der Waals surface area contributed by atoms with E-state index in [1.807, 2.05) is 0 Å². The maximum atomic E-state index is 13.4. The van der Waals surface area contributed by atoms with Crippen LogP contribution in [0.4, 0.5) is 4.39 Å². The molecule has 1 aromatic carbocycles. The van der Waals surface area contributed by atoms with Crippen LogP contribution in [-0.2, 0) is 6.54 Å². The zero-order valence-electron chi connectivity index (χ0n) is 11.6. The van der Waals surface area contributed by atoms with Crippen LogP contribution in [0.5, 0.6) is 0 Å². The number of nitrogens with zero attached hydrogens (tertiary/aromatic N) is 1. The third-order valence-electron chi connectivity index (χ3n) is 2.81. The van der Waals surface area contributed by atoms with Gasteiger partial charge in [-0.3, -0.25) is 4.99 Å². The van der Waals surface area contributed by atoms with Gasteiger partial charge in [0, 0.05) is 13.1 Å². The molecule has 0 aliphatic heterocycles. The summed E-state index contributed by atoms with van der Waals surface area (Å²) >= 11 is 0. The Morgan fingerprint density at radius 1 is 1.26 bits per heavy atom. The molecule has 1 rings (SSSR count). The molecule has 1 atom stereocenters. The molecule has 5 N–H and O–H groups in total. The number of nitrogens with one attached hydrogen (secondary N) is 1. The van der Waals surface area contributed by atoms with E-state index in [1.165, 1.54) is 5.56 Å². The monoisotopic (exact) mass is 266 g/mol. The summed E-state index contributed by atoms with van der Waals surface area (Å²) in [6.45, 7) is 5.19. The largest absolute Gasteiger partial charge is 0.370 e. The van der Waals surface area contributed by atoms with Gasteiger partial charge in [0.25, 0.3) is 0 Å². The molecule has 0 radical (unpaired) electrons. The first kappa shape index (κ1) is 15.4. The van der Waals surface area contributed by atoms with Gasteiger partial charge in [0.1, 0.15) is 6.17 Å². The second kappa shape index (κ2) is 7.74. The fraction of sp³-hybridized carbons (Fsp3) is 0.500. The molecule has 0 saturated carbocycles. The van der Waals surface area contributed by atoms with Crippen LogP contribution in [-0.4, -0.2) is 25.2 Å². The number of rotatable bonds is 7. The van der Waals surface area contributed by atoms with Crippen molar-refractivity contribution in [3.8, 4) is 0 Å². The van der Waals surface area contributed by atoms with Crippen molar-refractivity contribution in [3.05, 3.63) is 35.4 Å². The number of guanidine groups is 1. The van der Waals surface area contributed by atoms with Crippen LogP contribution in [0.3, 0.4) is 0 Å². The highest BCUT2D eigenvalue weighted by Crippen LogP contribution is 2.14. The van der Waals surface area contributed by atoms with Gasteiger partial charge in [0.05, 0.1) is 6.54 Å². The normalized spacial score (nSPS) is 12.4. The average Bonchev–Trinajstić information content (AvgIpc) is 2.37. The van der Waals surface area contributed by atoms with E-state index in [0.29, 0.717) is 12.5 Å². The average molecular weight is 266 g/mol. The maximum absolute atomic E-state index is 13.4. The summed E-state index contributed by atoms with van der Waals surface area (Å²) in [5.41, 5.74) is 12.7. The lowest BCUT2D eigenvalue weighted by atomic mass is 10.0. The lowest BCUT2D eigenvalue weighted by Crippen LogP contribution is -2.28. The highest BCUT2D eigenvalue weighted by molar-refractivity contribution is 5.75. The summed E-state index contributed by atoms with van der Waals surface area (Å²) in [5, 5.41) is 3.05. The molecule has 0 heterocycles. The fourth-order valence-electron chi connectivity index (χ4n) is 1.66. The van der Waals surface area contributed by atoms with Crippen molar-refractivity contribution >= 4 is 5.96 Å². The van der Waals surface area contributed by atoms with E-state index >= 15 is 0 Å². The van der Waals surface area contributed by atoms with E-state index in [2.05, 4.69) is 48.4 Å². The summed E-state index contributed by atoms with van der Waals surface area (Å²) in [6.07, 6.45) is -1.07. The Morgan fingerprint density at radius 3 is 2.42 bits per heavy atom. The predicted octanol–water partition coefficient (Wildman–Crippen LogP) is 1.51. The Morgan fingerprint density at radius 2 is 1.89 bits per heavy atom. The SMILES string of the molecule is CC(C)c1ccc(CNCC(F)CN=C(N)N)cc1. The third kappa shape index (κ3) is 6.20. The van der Waals surface area contributed by atoms with Crippen molar-refractivity contribution in [3.63, 3.8) is 0 Å². The van der Waals surface area contributed by atoms with Crippen molar-refractivity contribution in [1.82, 2.24) is 5.32 Å². The van der Waals surface area contributed by atoms with Crippen molar-refractivity contribution < 1.29 is 4.39 Å². The van der Waals surface area contributed by atoms with Gasteiger partial charge in [-0.1, -0.05) is 38.1 Å². The summed E-state index contributed by atoms with van der Waals surface area (Å²) < 4.78 is 13.4. The minimum absolute atomic E-state index is 0.00161. The van der Waals surface area contributed by atoms with E-state index in [0.717, 1.165) is 5.56 Å². The molecule has 1 aromatic rings. The minimum Gasteiger partial charge on any atom is -0.370 e. The lowest BCUT2D eigenvalue weighted by Gasteiger charge is -2.09. The molecular weight excluding hydrogens is 243 g/mol. The van der Waals surface area contributed by atoms with Crippen LogP contribution < -0.4 is 16.8 Å². The van der Waals surface area contributed by atoms with Crippen molar-refractivity contribution in [2.45, 2.75) is 32.5 Å². The Labute approximate surface area is 114 Å².